The molecule has 1 saturated heterocycles. The molecular formula is C17H23N5O3. The Balaban J connectivity index is 1.83. The quantitative estimate of drug-likeness (QED) is 0.852. The second-order valence-corrected chi connectivity index (χ2v) is 6.75. The molecule has 134 valence electrons. The summed E-state index contributed by atoms with van der Waals surface area (Å²) in [5.74, 6) is -1.33. The van der Waals surface area contributed by atoms with Crippen molar-refractivity contribution in [3.05, 3.63) is 36.4 Å². The first-order valence-corrected chi connectivity index (χ1v) is 8.44. The number of piperidine rings is 1. The molecule has 0 bridgehead atoms. The van der Waals surface area contributed by atoms with Gasteiger partial charge in [-0.3, -0.25) is 19.0 Å². The Morgan fingerprint density at radius 1 is 1.40 bits per heavy atom. The van der Waals surface area contributed by atoms with Crippen LogP contribution >= 0.6 is 0 Å². The number of aryl methyl sites for hydroxylation is 1. The van der Waals surface area contributed by atoms with Gasteiger partial charge in [0.25, 0.3) is 0 Å². The van der Waals surface area contributed by atoms with Crippen LogP contribution in [0.1, 0.15) is 31.4 Å². The summed E-state index contributed by atoms with van der Waals surface area (Å²) in [6, 6.07) is 1.38. The molecule has 0 aromatic carbocycles. The van der Waals surface area contributed by atoms with E-state index in [2.05, 4.69) is 10.2 Å². The number of likely N-dealkylation sites (tertiary alicyclic amines) is 1. The summed E-state index contributed by atoms with van der Waals surface area (Å²) >= 11 is 0. The zero-order valence-corrected chi connectivity index (χ0v) is 14.4. The normalized spacial score (nSPS) is 22.2. The number of aromatic nitrogens is 4. The highest BCUT2D eigenvalue weighted by Crippen LogP contribution is 2.37. The van der Waals surface area contributed by atoms with Crippen LogP contribution in [0.5, 0.6) is 0 Å². The Hall–Kier alpha value is -2.64. The van der Waals surface area contributed by atoms with Gasteiger partial charge in [-0.15, -0.1) is 0 Å². The number of rotatable bonds is 6. The van der Waals surface area contributed by atoms with E-state index in [4.69, 9.17) is 0 Å². The second-order valence-electron chi connectivity index (χ2n) is 6.75. The molecule has 8 nitrogen and oxygen atoms in total. The van der Waals surface area contributed by atoms with Gasteiger partial charge in [-0.25, -0.2) is 0 Å². The van der Waals surface area contributed by atoms with Gasteiger partial charge < -0.3 is 10.0 Å². The Labute approximate surface area is 146 Å². The molecule has 1 fully saturated rings. The summed E-state index contributed by atoms with van der Waals surface area (Å²) in [4.78, 5) is 26.0. The lowest BCUT2D eigenvalue weighted by Crippen LogP contribution is -2.47. The van der Waals surface area contributed by atoms with E-state index < -0.39 is 17.9 Å². The summed E-state index contributed by atoms with van der Waals surface area (Å²) in [5, 5.41) is 18.0. The Morgan fingerprint density at radius 2 is 2.20 bits per heavy atom. The number of carboxylic acid groups (broad SMARTS) is 1. The van der Waals surface area contributed by atoms with Crippen LogP contribution in [0.25, 0.3) is 0 Å². The van der Waals surface area contributed by atoms with Gasteiger partial charge in [0.2, 0.25) is 5.91 Å². The number of carboxylic acids is 1. The molecule has 25 heavy (non-hydrogen) atoms. The lowest BCUT2D eigenvalue weighted by Gasteiger charge is -2.40. The van der Waals surface area contributed by atoms with Crippen LogP contribution in [-0.2, 0) is 23.2 Å². The smallest absolute Gasteiger partial charge is 0.308 e. The fourth-order valence-corrected chi connectivity index (χ4v) is 3.55. The van der Waals surface area contributed by atoms with E-state index in [9.17, 15) is 14.7 Å². The molecule has 0 saturated carbocycles. The highest BCUT2D eigenvalue weighted by atomic mass is 16.4. The lowest BCUT2D eigenvalue weighted by atomic mass is 9.85. The lowest BCUT2D eigenvalue weighted by molar-refractivity contribution is -0.152. The van der Waals surface area contributed by atoms with Crippen LogP contribution in [0.3, 0.4) is 0 Å². The van der Waals surface area contributed by atoms with E-state index in [0.29, 0.717) is 19.5 Å². The Kier molecular flexibility index (Phi) is 4.87. The molecule has 1 N–H and O–H groups in total. The maximum atomic E-state index is 12.6. The van der Waals surface area contributed by atoms with Gasteiger partial charge in [-0.2, -0.15) is 10.2 Å². The third-order valence-electron chi connectivity index (χ3n) is 4.66. The van der Waals surface area contributed by atoms with Crippen LogP contribution in [0.15, 0.2) is 30.9 Å². The zero-order chi connectivity index (χ0) is 18.0. The summed E-state index contributed by atoms with van der Waals surface area (Å²) in [6.45, 7) is 3.20. The third-order valence-corrected chi connectivity index (χ3v) is 4.66. The van der Waals surface area contributed by atoms with Crippen LogP contribution in [0.2, 0.25) is 0 Å². The molecule has 3 heterocycles. The first-order valence-electron chi connectivity index (χ1n) is 8.44. The van der Waals surface area contributed by atoms with Crippen LogP contribution in [0.4, 0.5) is 0 Å². The minimum absolute atomic E-state index is 0.00123. The van der Waals surface area contributed by atoms with E-state index in [0.717, 1.165) is 5.56 Å². The molecule has 0 spiro atoms. The van der Waals surface area contributed by atoms with E-state index >= 15 is 0 Å². The van der Waals surface area contributed by atoms with E-state index in [-0.39, 0.29) is 18.2 Å². The van der Waals surface area contributed by atoms with Crippen molar-refractivity contribution in [3.63, 3.8) is 0 Å². The number of carbonyl (C=O) groups excluding carboxylic acids is 1. The van der Waals surface area contributed by atoms with Crippen LogP contribution in [-0.4, -0.2) is 48.0 Å². The van der Waals surface area contributed by atoms with Gasteiger partial charge in [-0.05, 0) is 18.4 Å². The maximum Gasteiger partial charge on any atom is 0.308 e. The van der Waals surface area contributed by atoms with E-state index in [1.807, 2.05) is 23.9 Å². The minimum atomic E-state index is -0.869. The van der Waals surface area contributed by atoms with Gasteiger partial charge >= 0.3 is 5.97 Å². The van der Waals surface area contributed by atoms with Gasteiger partial charge in [-0.1, -0.05) is 6.92 Å². The summed E-state index contributed by atoms with van der Waals surface area (Å²) in [5.41, 5.74) is 0.772. The number of carbonyl (C=O) groups is 2. The highest BCUT2D eigenvalue weighted by Gasteiger charge is 2.41. The monoisotopic (exact) mass is 345 g/mol. The van der Waals surface area contributed by atoms with Gasteiger partial charge in [0.1, 0.15) is 0 Å². The van der Waals surface area contributed by atoms with Crippen LogP contribution < -0.4 is 0 Å². The molecule has 0 unspecified atom stereocenters. The molecule has 1 aliphatic rings. The number of amides is 1. The molecule has 3 atom stereocenters. The predicted molar refractivity (Wildman–Crippen MR) is 89.4 cm³/mol. The largest absolute Gasteiger partial charge is 0.481 e. The molecule has 2 aromatic heterocycles. The minimum Gasteiger partial charge on any atom is -0.481 e. The highest BCUT2D eigenvalue weighted by molar-refractivity contribution is 5.81. The fraction of sp³-hybridized carbons (Fsp3) is 0.529. The van der Waals surface area contributed by atoms with E-state index in [1.165, 1.54) is 0 Å². The van der Waals surface area contributed by atoms with Crippen LogP contribution in [0, 0.1) is 11.8 Å². The standard InChI is InChI=1S/C17H23N5O3/c1-12(9-21-7-3-6-18-21)10-22-15(23)5-4-14(17(24)25)16(22)13-8-19-20(2)11-13/h3,6-8,11-12,14,16H,4-5,9-10H2,1-2H3,(H,24,25)/t12-,14-,16+/m0/s1. The summed E-state index contributed by atoms with van der Waals surface area (Å²) in [7, 11) is 1.79. The van der Waals surface area contributed by atoms with Crippen molar-refractivity contribution in [2.24, 2.45) is 18.9 Å². The predicted octanol–water partition coefficient (Wildman–Crippen LogP) is 1.32. The molecule has 0 radical (unpaired) electrons. The fourth-order valence-electron chi connectivity index (χ4n) is 3.55. The Morgan fingerprint density at radius 3 is 2.80 bits per heavy atom. The molecule has 8 heteroatoms. The van der Waals surface area contributed by atoms with Crippen molar-refractivity contribution < 1.29 is 14.7 Å². The van der Waals surface area contributed by atoms with Crippen molar-refractivity contribution in [1.82, 2.24) is 24.5 Å². The van der Waals surface area contributed by atoms with Crippen molar-refractivity contribution in [2.75, 3.05) is 6.54 Å². The Bertz CT molecular complexity index is 739. The summed E-state index contributed by atoms with van der Waals surface area (Å²) < 4.78 is 3.46. The first-order chi connectivity index (χ1) is 12.0. The number of hydrogen-bond donors (Lipinski definition) is 1. The number of nitrogens with zero attached hydrogens (tertiary/aromatic N) is 5. The average molecular weight is 345 g/mol. The van der Waals surface area contributed by atoms with Crippen molar-refractivity contribution >= 4 is 11.9 Å². The average Bonchev–Trinajstić information content (AvgIpc) is 3.20. The number of aliphatic carboxylic acids is 1. The topological polar surface area (TPSA) is 93.3 Å². The number of hydrogen-bond acceptors (Lipinski definition) is 4. The maximum absolute atomic E-state index is 12.6. The van der Waals surface area contributed by atoms with Crippen molar-refractivity contribution in [2.45, 2.75) is 32.4 Å². The summed E-state index contributed by atoms with van der Waals surface area (Å²) in [6.07, 6.45) is 7.68. The van der Waals surface area contributed by atoms with E-state index in [1.54, 1.807) is 35.2 Å². The third kappa shape index (κ3) is 3.72. The zero-order valence-electron chi connectivity index (χ0n) is 14.4. The SMILES string of the molecule is C[C@H](CN1C(=O)CC[C@H](C(=O)O)[C@H]1c1cnn(C)c1)Cn1cccn1. The molecule has 1 aliphatic heterocycles. The first kappa shape index (κ1) is 17.2. The molecule has 0 aliphatic carbocycles. The second kappa shape index (κ2) is 7.08. The van der Waals surface area contributed by atoms with Crippen molar-refractivity contribution in [1.29, 1.82) is 0 Å². The van der Waals surface area contributed by atoms with Crippen molar-refractivity contribution in [3.8, 4) is 0 Å². The molecule has 2 aromatic rings. The molecule has 3 rings (SSSR count). The van der Waals surface area contributed by atoms with Gasteiger partial charge in [0, 0.05) is 50.7 Å². The van der Waals surface area contributed by atoms with Gasteiger partial charge in [0.05, 0.1) is 18.2 Å². The molecule has 1 amide bonds. The molecular weight excluding hydrogens is 322 g/mol. The van der Waals surface area contributed by atoms with Gasteiger partial charge in [0.15, 0.2) is 0 Å².